The fourth-order valence-electron chi connectivity index (χ4n) is 1.97. The van der Waals surface area contributed by atoms with Crippen molar-refractivity contribution in [3.63, 3.8) is 0 Å². The summed E-state index contributed by atoms with van der Waals surface area (Å²) >= 11 is 3.81. The van der Waals surface area contributed by atoms with Crippen LogP contribution < -0.4 is 0 Å². The summed E-state index contributed by atoms with van der Waals surface area (Å²) in [4.78, 5) is 0. The van der Waals surface area contributed by atoms with Crippen LogP contribution in [-0.2, 0) is 0 Å². The molecule has 0 aromatic rings. The molecule has 1 rings (SSSR count). The molecular formula is C8H15BrMg. The molecule has 0 radical (unpaired) electrons. The summed E-state index contributed by atoms with van der Waals surface area (Å²) in [5, 5.41) is 0. The summed E-state index contributed by atoms with van der Waals surface area (Å²) in [6.45, 7) is 2.33. The zero-order chi connectivity index (χ0) is 7.40. The first-order chi connectivity index (χ1) is 4.86. The van der Waals surface area contributed by atoms with Crippen LogP contribution in [-0.4, -0.2) is 18.2 Å². The Balaban J connectivity index is 2.15. The third-order valence-electron chi connectivity index (χ3n) is 2.74. The van der Waals surface area contributed by atoms with Crippen molar-refractivity contribution in [1.82, 2.24) is 0 Å². The number of rotatable bonds is 3. The molecule has 0 aromatic carbocycles. The minimum absolute atomic E-state index is 0.167. The molecule has 10 heavy (non-hydrogen) atoms. The van der Waals surface area contributed by atoms with Gasteiger partial charge in [-0.3, -0.25) is 0 Å². The minimum Gasteiger partial charge on any atom is -0.307 e. The largest absolute Gasteiger partial charge is 0.468 e. The van der Waals surface area contributed by atoms with Crippen LogP contribution >= 0.6 is 12.9 Å². The van der Waals surface area contributed by atoms with Crippen molar-refractivity contribution in [2.75, 3.05) is 0 Å². The molecule has 0 bridgehead atoms. The molecule has 1 fully saturated rings. The molecule has 0 heterocycles. The lowest BCUT2D eigenvalue weighted by Gasteiger charge is -2.06. The molecule has 0 N–H and O–H groups in total. The number of halogens is 1. The van der Waals surface area contributed by atoms with E-state index < -0.39 is 0 Å². The highest BCUT2D eigenvalue weighted by molar-refractivity contribution is 9.23. The van der Waals surface area contributed by atoms with Crippen LogP contribution in [0.2, 0.25) is 4.55 Å². The van der Waals surface area contributed by atoms with E-state index in [1.54, 1.807) is 0 Å². The van der Waals surface area contributed by atoms with Gasteiger partial charge < -0.3 is 12.9 Å². The second-order valence-electron chi connectivity index (χ2n) is 3.43. The molecule has 2 atom stereocenters. The minimum atomic E-state index is 0.167. The first kappa shape index (κ1) is 9.34. The first-order valence-corrected chi connectivity index (χ1v) is 9.32. The highest BCUT2D eigenvalue weighted by Gasteiger charge is 2.22. The third-order valence-corrected chi connectivity index (χ3v) is 5.15. The average molecular weight is 215 g/mol. The standard InChI is InChI=1S/C8H15.BrH.Mg/c1-3-8-5-4-7(2)6-8;;/h7-8H,2-6H2,1H3;1H;/q;;+1/p-1. The summed E-state index contributed by atoms with van der Waals surface area (Å²) in [5.41, 5.74) is 0. The topological polar surface area (TPSA) is 0 Å². The highest BCUT2D eigenvalue weighted by atomic mass is 79.9. The first-order valence-electron chi connectivity index (χ1n) is 4.42. The van der Waals surface area contributed by atoms with Crippen molar-refractivity contribution in [1.29, 1.82) is 0 Å². The predicted molar refractivity (Wildman–Crippen MR) is 50.6 cm³/mol. The molecule has 2 unspecified atom stereocenters. The summed E-state index contributed by atoms with van der Waals surface area (Å²) in [6, 6.07) is 0. The van der Waals surface area contributed by atoms with Crippen LogP contribution in [0, 0.1) is 11.8 Å². The van der Waals surface area contributed by atoms with E-state index in [4.69, 9.17) is 0 Å². The summed E-state index contributed by atoms with van der Waals surface area (Å²) < 4.78 is 1.54. The molecule has 0 nitrogen and oxygen atoms in total. The lowest BCUT2D eigenvalue weighted by molar-refractivity contribution is 0.501. The van der Waals surface area contributed by atoms with Gasteiger partial charge in [0.2, 0.25) is 0 Å². The maximum atomic E-state index is 3.64. The predicted octanol–water partition coefficient (Wildman–Crippen LogP) is 3.25. The van der Waals surface area contributed by atoms with Crippen LogP contribution in [0.4, 0.5) is 0 Å². The lowest BCUT2D eigenvalue weighted by atomic mass is 10.0. The van der Waals surface area contributed by atoms with Crippen molar-refractivity contribution in [3.8, 4) is 0 Å². The Labute approximate surface area is 79.7 Å². The van der Waals surface area contributed by atoms with Crippen molar-refractivity contribution in [3.05, 3.63) is 0 Å². The molecule has 1 aliphatic carbocycles. The Kier molecular flexibility index (Phi) is 4.66. The zero-order valence-corrected chi connectivity index (χ0v) is 9.78. The van der Waals surface area contributed by atoms with Gasteiger partial charge in [0.1, 0.15) is 0 Å². The quantitative estimate of drug-likeness (QED) is 0.634. The van der Waals surface area contributed by atoms with Crippen LogP contribution in [0.25, 0.3) is 0 Å². The monoisotopic (exact) mass is 214 g/mol. The zero-order valence-electron chi connectivity index (χ0n) is 6.78. The van der Waals surface area contributed by atoms with E-state index in [0.29, 0.717) is 0 Å². The fourth-order valence-corrected chi connectivity index (χ4v) is 4.74. The Morgan fingerprint density at radius 3 is 2.60 bits per heavy atom. The molecule has 0 spiro atoms. The SMILES string of the molecule is CCC1CCC([CH2][Mg][Br])C1. The van der Waals surface area contributed by atoms with E-state index in [0.717, 1.165) is 11.8 Å². The molecule has 0 saturated heterocycles. The highest BCUT2D eigenvalue weighted by Crippen LogP contribution is 2.34. The Hall–Kier alpha value is 1.25. The summed E-state index contributed by atoms with van der Waals surface area (Å²) in [7, 11) is 0. The van der Waals surface area contributed by atoms with Crippen LogP contribution in [0.5, 0.6) is 0 Å². The second kappa shape index (κ2) is 4.99. The molecule has 2 heteroatoms. The van der Waals surface area contributed by atoms with E-state index in [9.17, 15) is 0 Å². The number of hydrogen-bond donors (Lipinski definition) is 0. The fraction of sp³-hybridized carbons (Fsp3) is 1.00. The number of hydrogen-bond acceptors (Lipinski definition) is 0. The van der Waals surface area contributed by atoms with E-state index in [1.165, 1.54) is 30.2 Å². The van der Waals surface area contributed by atoms with Gasteiger partial charge >= 0.3 is 18.2 Å². The van der Waals surface area contributed by atoms with Crippen molar-refractivity contribution in [2.45, 2.75) is 37.2 Å². The van der Waals surface area contributed by atoms with Gasteiger partial charge in [-0.2, -0.15) is 0 Å². The smallest absolute Gasteiger partial charge is 0.307 e. The van der Waals surface area contributed by atoms with Gasteiger partial charge in [0.25, 0.3) is 0 Å². The Morgan fingerprint density at radius 2 is 2.10 bits per heavy atom. The summed E-state index contributed by atoms with van der Waals surface area (Å²) in [5.74, 6) is 2.19. The van der Waals surface area contributed by atoms with Gasteiger partial charge in [0.05, 0.1) is 0 Å². The van der Waals surface area contributed by atoms with E-state index >= 15 is 0 Å². The van der Waals surface area contributed by atoms with Crippen LogP contribution in [0.3, 0.4) is 0 Å². The van der Waals surface area contributed by atoms with Gasteiger partial charge in [-0.1, -0.05) is 32.1 Å². The second-order valence-corrected chi connectivity index (χ2v) is 6.77. The van der Waals surface area contributed by atoms with Crippen LogP contribution in [0.15, 0.2) is 0 Å². The van der Waals surface area contributed by atoms with E-state index in [1.807, 2.05) is 0 Å². The summed E-state index contributed by atoms with van der Waals surface area (Å²) in [6.07, 6.45) is 6.00. The van der Waals surface area contributed by atoms with Gasteiger partial charge in [-0.05, 0) is 12.3 Å². The molecular weight excluding hydrogens is 200 g/mol. The molecule has 56 valence electrons. The Bertz CT molecular complexity index is 95.3. The molecule has 1 saturated carbocycles. The average Bonchev–Trinajstić information content (AvgIpc) is 2.37. The van der Waals surface area contributed by atoms with E-state index in [2.05, 4.69) is 19.8 Å². The Morgan fingerprint density at radius 1 is 1.40 bits per heavy atom. The van der Waals surface area contributed by atoms with Gasteiger partial charge in [0.15, 0.2) is 0 Å². The maximum Gasteiger partial charge on any atom is 0.468 e. The third kappa shape index (κ3) is 2.70. The lowest BCUT2D eigenvalue weighted by Crippen LogP contribution is -1.96. The molecule has 0 aromatic heterocycles. The van der Waals surface area contributed by atoms with Gasteiger partial charge in [-0.25, -0.2) is 0 Å². The normalized spacial score (nSPS) is 32.2. The van der Waals surface area contributed by atoms with E-state index in [-0.39, 0.29) is 18.2 Å². The van der Waals surface area contributed by atoms with Crippen LogP contribution in [0.1, 0.15) is 32.6 Å². The van der Waals surface area contributed by atoms with Gasteiger partial charge in [0, 0.05) is 0 Å². The molecule has 0 amide bonds. The van der Waals surface area contributed by atoms with Crippen molar-refractivity contribution in [2.24, 2.45) is 11.8 Å². The molecule has 0 aliphatic heterocycles. The molecule has 1 aliphatic rings. The maximum absolute atomic E-state index is 3.64. The van der Waals surface area contributed by atoms with Crippen molar-refractivity contribution < 1.29 is 0 Å². The van der Waals surface area contributed by atoms with Gasteiger partial charge in [-0.15, -0.1) is 4.55 Å². The van der Waals surface area contributed by atoms with Crippen molar-refractivity contribution >= 4 is 31.1 Å².